The Bertz CT molecular complexity index is 221. The smallest absolute Gasteiger partial charge is 0.181 e. The van der Waals surface area contributed by atoms with Crippen LogP contribution in [0, 0.1) is 0 Å². The van der Waals surface area contributed by atoms with E-state index in [1.165, 1.54) is 18.2 Å². The monoisotopic (exact) mass is 138 g/mol. The predicted molar refractivity (Wildman–Crippen MR) is 39.6 cm³/mol. The molecule has 2 heteroatoms. The lowest BCUT2D eigenvalue weighted by molar-refractivity contribution is -0.114. The number of hydrogen-bond donors (Lipinski definition) is 0. The van der Waals surface area contributed by atoms with Gasteiger partial charge in [0.15, 0.2) is 11.6 Å². The SMILES string of the molecule is C.CC1=CC(=O)C=CC1=O. The Morgan fingerprint density at radius 2 is 1.80 bits per heavy atom. The van der Waals surface area contributed by atoms with Crippen LogP contribution < -0.4 is 0 Å². The molecule has 0 saturated carbocycles. The Kier molecular flexibility index (Phi) is 2.74. The summed E-state index contributed by atoms with van der Waals surface area (Å²) in [7, 11) is 0. The summed E-state index contributed by atoms with van der Waals surface area (Å²) < 4.78 is 0. The van der Waals surface area contributed by atoms with Crippen molar-refractivity contribution in [1.82, 2.24) is 0 Å². The molecule has 0 saturated heterocycles. The molecular formula is C8H10O2. The van der Waals surface area contributed by atoms with Gasteiger partial charge in [-0.3, -0.25) is 9.59 Å². The minimum absolute atomic E-state index is 0. The third-order valence-electron chi connectivity index (χ3n) is 1.15. The number of ketones is 2. The van der Waals surface area contributed by atoms with E-state index < -0.39 is 0 Å². The van der Waals surface area contributed by atoms with Crippen LogP contribution >= 0.6 is 0 Å². The number of carbonyl (C=O) groups excluding carboxylic acids is 2. The topological polar surface area (TPSA) is 34.1 Å². The zero-order valence-electron chi connectivity index (χ0n) is 5.05. The van der Waals surface area contributed by atoms with E-state index >= 15 is 0 Å². The summed E-state index contributed by atoms with van der Waals surface area (Å²) >= 11 is 0. The molecule has 0 radical (unpaired) electrons. The zero-order chi connectivity index (χ0) is 6.85. The maximum Gasteiger partial charge on any atom is 0.181 e. The van der Waals surface area contributed by atoms with Gasteiger partial charge in [-0.1, -0.05) is 7.43 Å². The molecule has 0 bridgehead atoms. The van der Waals surface area contributed by atoms with E-state index in [1.807, 2.05) is 0 Å². The molecule has 0 N–H and O–H groups in total. The third-order valence-corrected chi connectivity index (χ3v) is 1.15. The van der Waals surface area contributed by atoms with E-state index in [9.17, 15) is 9.59 Å². The van der Waals surface area contributed by atoms with Gasteiger partial charge >= 0.3 is 0 Å². The van der Waals surface area contributed by atoms with E-state index in [4.69, 9.17) is 0 Å². The van der Waals surface area contributed by atoms with Crippen LogP contribution in [0.2, 0.25) is 0 Å². The van der Waals surface area contributed by atoms with E-state index in [1.54, 1.807) is 6.92 Å². The molecule has 0 heterocycles. The van der Waals surface area contributed by atoms with E-state index in [-0.39, 0.29) is 19.0 Å². The van der Waals surface area contributed by atoms with Crippen molar-refractivity contribution in [3.63, 3.8) is 0 Å². The molecule has 0 aliphatic heterocycles. The lowest BCUT2D eigenvalue weighted by atomic mass is 10.1. The standard InChI is InChI=1S/C7H6O2.CH4/c1-5-4-6(8)2-3-7(5)9;/h2-4H,1H3;1H4. The highest BCUT2D eigenvalue weighted by molar-refractivity contribution is 6.16. The maximum absolute atomic E-state index is 10.6. The molecule has 0 spiro atoms. The average Bonchev–Trinajstić information content (AvgIpc) is 1.80. The van der Waals surface area contributed by atoms with Gasteiger partial charge in [0.2, 0.25) is 0 Å². The van der Waals surface area contributed by atoms with Crippen LogP contribution in [0.15, 0.2) is 23.8 Å². The quantitative estimate of drug-likeness (QED) is 0.472. The number of rotatable bonds is 0. The molecule has 0 aromatic heterocycles. The van der Waals surface area contributed by atoms with Gasteiger partial charge < -0.3 is 0 Å². The molecule has 0 aromatic carbocycles. The number of hydrogen-bond acceptors (Lipinski definition) is 2. The van der Waals surface area contributed by atoms with Crippen LogP contribution in [0.4, 0.5) is 0 Å². The second kappa shape index (κ2) is 3.11. The summed E-state index contributed by atoms with van der Waals surface area (Å²) in [5.41, 5.74) is 0.516. The molecular weight excluding hydrogens is 128 g/mol. The highest BCUT2D eigenvalue weighted by Crippen LogP contribution is 2.02. The molecule has 0 atom stereocenters. The first-order valence-corrected chi connectivity index (χ1v) is 2.65. The summed E-state index contributed by atoms with van der Waals surface area (Å²) in [4.78, 5) is 21.1. The maximum atomic E-state index is 10.6. The first kappa shape index (κ1) is 8.82. The highest BCUT2D eigenvalue weighted by atomic mass is 16.1. The van der Waals surface area contributed by atoms with Gasteiger partial charge in [-0.2, -0.15) is 0 Å². The third kappa shape index (κ3) is 1.65. The van der Waals surface area contributed by atoms with Crippen molar-refractivity contribution in [3.05, 3.63) is 23.8 Å². The molecule has 0 unspecified atom stereocenters. The summed E-state index contributed by atoms with van der Waals surface area (Å²) in [5.74, 6) is -0.179. The highest BCUT2D eigenvalue weighted by Gasteiger charge is 2.06. The van der Waals surface area contributed by atoms with Crippen molar-refractivity contribution in [3.8, 4) is 0 Å². The predicted octanol–water partition coefficient (Wildman–Crippen LogP) is 1.28. The first-order chi connectivity index (χ1) is 4.20. The van der Waals surface area contributed by atoms with E-state index in [0.717, 1.165) is 0 Å². The lowest BCUT2D eigenvalue weighted by Crippen LogP contribution is -2.03. The van der Waals surface area contributed by atoms with Crippen molar-refractivity contribution in [1.29, 1.82) is 0 Å². The minimum Gasteiger partial charge on any atom is -0.290 e. The van der Waals surface area contributed by atoms with Crippen LogP contribution in [-0.2, 0) is 9.59 Å². The van der Waals surface area contributed by atoms with Crippen LogP contribution in [0.5, 0.6) is 0 Å². The van der Waals surface area contributed by atoms with Crippen LogP contribution in [-0.4, -0.2) is 11.6 Å². The zero-order valence-corrected chi connectivity index (χ0v) is 5.05. The molecule has 1 aliphatic carbocycles. The van der Waals surface area contributed by atoms with Crippen molar-refractivity contribution in [2.45, 2.75) is 14.4 Å². The van der Waals surface area contributed by atoms with E-state index in [0.29, 0.717) is 5.57 Å². The Morgan fingerprint density at radius 3 is 2.20 bits per heavy atom. The molecule has 1 aliphatic rings. The molecule has 0 aromatic rings. The second-order valence-electron chi connectivity index (χ2n) is 1.93. The number of carbonyl (C=O) groups is 2. The van der Waals surface area contributed by atoms with Gasteiger partial charge in [-0.15, -0.1) is 0 Å². The largest absolute Gasteiger partial charge is 0.290 e. The molecule has 0 fully saturated rings. The molecule has 2 nitrogen and oxygen atoms in total. The molecule has 1 rings (SSSR count). The second-order valence-corrected chi connectivity index (χ2v) is 1.93. The van der Waals surface area contributed by atoms with Crippen LogP contribution in [0.25, 0.3) is 0 Å². The summed E-state index contributed by atoms with van der Waals surface area (Å²) in [6.45, 7) is 1.63. The lowest BCUT2D eigenvalue weighted by Gasteiger charge is -1.96. The molecule has 54 valence electrons. The van der Waals surface area contributed by atoms with Crippen molar-refractivity contribution in [2.75, 3.05) is 0 Å². The van der Waals surface area contributed by atoms with Gasteiger partial charge in [0.25, 0.3) is 0 Å². The summed E-state index contributed by atoms with van der Waals surface area (Å²) in [5, 5.41) is 0. The summed E-state index contributed by atoms with van der Waals surface area (Å²) in [6.07, 6.45) is 3.90. The fourth-order valence-corrected chi connectivity index (χ4v) is 0.622. The van der Waals surface area contributed by atoms with Gasteiger partial charge in [0.1, 0.15) is 0 Å². The van der Waals surface area contributed by atoms with Gasteiger partial charge in [0, 0.05) is 5.57 Å². The van der Waals surface area contributed by atoms with Crippen LogP contribution in [0.1, 0.15) is 14.4 Å². The minimum atomic E-state index is -0.105. The summed E-state index contributed by atoms with van der Waals surface area (Å²) in [6, 6.07) is 0. The van der Waals surface area contributed by atoms with Crippen LogP contribution in [0.3, 0.4) is 0 Å². The van der Waals surface area contributed by atoms with Crippen molar-refractivity contribution in [2.24, 2.45) is 0 Å². The van der Waals surface area contributed by atoms with Crippen molar-refractivity contribution < 1.29 is 9.59 Å². The van der Waals surface area contributed by atoms with Gasteiger partial charge in [-0.05, 0) is 25.2 Å². The van der Waals surface area contributed by atoms with E-state index in [2.05, 4.69) is 0 Å². The molecule has 0 amide bonds. The number of allylic oxidation sites excluding steroid dienone is 4. The Morgan fingerprint density at radius 1 is 1.20 bits per heavy atom. The Hall–Kier alpha value is -1.18. The van der Waals surface area contributed by atoms with Crippen molar-refractivity contribution >= 4 is 11.6 Å². The van der Waals surface area contributed by atoms with Gasteiger partial charge in [-0.25, -0.2) is 0 Å². The Balaban J connectivity index is 0.000000810. The first-order valence-electron chi connectivity index (χ1n) is 2.65. The average molecular weight is 138 g/mol. The van der Waals surface area contributed by atoms with Gasteiger partial charge in [0.05, 0.1) is 0 Å². The fourth-order valence-electron chi connectivity index (χ4n) is 0.622. The molecule has 10 heavy (non-hydrogen) atoms. The normalized spacial score (nSPS) is 16.3. The Labute approximate surface area is 60.2 Å². The fraction of sp³-hybridized carbons (Fsp3) is 0.250.